The normalized spacial score (nSPS) is 10.5. The second-order valence-corrected chi connectivity index (χ2v) is 6.69. The largest absolute Gasteiger partial charge is 0.451 e. The van der Waals surface area contributed by atoms with Crippen molar-refractivity contribution in [2.75, 3.05) is 6.61 Å². The Morgan fingerprint density at radius 3 is 2.50 bits per heavy atom. The Labute approximate surface area is 153 Å². The molecular weight excluding hydrogens is 361 g/mol. The van der Waals surface area contributed by atoms with Crippen LogP contribution in [0.3, 0.4) is 0 Å². The standard InChI is InChI=1S/C17H18FN3O4S/c1-9(2)19-17(24)21-13(22)8-25-16(23)14-10(3)20-15(26-14)11-4-6-12(18)7-5-11/h4-7,9H,8H2,1-3H3,(H2,19,21,22,24). The number of nitrogens with zero attached hydrogens (tertiary/aromatic N) is 1. The van der Waals surface area contributed by atoms with Gasteiger partial charge in [-0.25, -0.2) is 19.0 Å². The molecule has 138 valence electrons. The number of nitrogens with one attached hydrogen (secondary N) is 2. The first-order chi connectivity index (χ1) is 12.3. The van der Waals surface area contributed by atoms with Crippen molar-refractivity contribution in [3.63, 3.8) is 0 Å². The highest BCUT2D eigenvalue weighted by Crippen LogP contribution is 2.28. The molecule has 1 aromatic heterocycles. The van der Waals surface area contributed by atoms with Gasteiger partial charge in [0.1, 0.15) is 15.7 Å². The molecule has 0 aliphatic carbocycles. The zero-order chi connectivity index (χ0) is 19.3. The summed E-state index contributed by atoms with van der Waals surface area (Å²) in [5.41, 5.74) is 1.11. The molecule has 0 radical (unpaired) electrons. The number of esters is 1. The van der Waals surface area contributed by atoms with E-state index in [0.29, 0.717) is 16.3 Å². The molecule has 0 fully saturated rings. The summed E-state index contributed by atoms with van der Waals surface area (Å²) in [4.78, 5) is 39.7. The number of imide groups is 1. The highest BCUT2D eigenvalue weighted by Gasteiger charge is 2.19. The van der Waals surface area contributed by atoms with E-state index in [1.54, 1.807) is 32.9 Å². The SMILES string of the molecule is Cc1nc(-c2ccc(F)cc2)sc1C(=O)OCC(=O)NC(=O)NC(C)C. The summed E-state index contributed by atoms with van der Waals surface area (Å²) in [7, 11) is 0. The average molecular weight is 379 g/mol. The zero-order valence-electron chi connectivity index (χ0n) is 14.5. The van der Waals surface area contributed by atoms with Gasteiger partial charge in [0.2, 0.25) is 0 Å². The van der Waals surface area contributed by atoms with Crippen LogP contribution in [0.2, 0.25) is 0 Å². The fourth-order valence-corrected chi connectivity index (χ4v) is 2.92. The van der Waals surface area contributed by atoms with Crippen molar-refractivity contribution < 1.29 is 23.5 Å². The highest BCUT2D eigenvalue weighted by atomic mass is 32.1. The van der Waals surface area contributed by atoms with Crippen molar-refractivity contribution in [3.05, 3.63) is 40.7 Å². The van der Waals surface area contributed by atoms with Gasteiger partial charge < -0.3 is 10.1 Å². The van der Waals surface area contributed by atoms with Crippen LogP contribution in [0, 0.1) is 12.7 Å². The molecule has 0 unspecified atom stereocenters. The maximum absolute atomic E-state index is 13.0. The molecule has 1 aromatic carbocycles. The first-order valence-electron chi connectivity index (χ1n) is 7.77. The van der Waals surface area contributed by atoms with Crippen molar-refractivity contribution in [2.45, 2.75) is 26.8 Å². The highest BCUT2D eigenvalue weighted by molar-refractivity contribution is 7.17. The van der Waals surface area contributed by atoms with E-state index in [-0.39, 0.29) is 16.7 Å². The number of hydrogen-bond acceptors (Lipinski definition) is 6. The minimum atomic E-state index is -0.738. The summed E-state index contributed by atoms with van der Waals surface area (Å²) in [6, 6.07) is 4.93. The number of amides is 3. The third-order valence-electron chi connectivity index (χ3n) is 3.08. The number of benzene rings is 1. The van der Waals surface area contributed by atoms with E-state index in [9.17, 15) is 18.8 Å². The number of thiazole rings is 1. The Morgan fingerprint density at radius 2 is 1.88 bits per heavy atom. The van der Waals surface area contributed by atoms with E-state index in [0.717, 1.165) is 11.3 Å². The van der Waals surface area contributed by atoms with Crippen molar-refractivity contribution in [1.29, 1.82) is 0 Å². The summed E-state index contributed by atoms with van der Waals surface area (Å²) in [5, 5.41) is 5.07. The first-order valence-corrected chi connectivity index (χ1v) is 8.58. The molecule has 1 heterocycles. The molecule has 3 amide bonds. The van der Waals surface area contributed by atoms with Crippen molar-refractivity contribution >= 4 is 29.2 Å². The molecule has 2 N–H and O–H groups in total. The van der Waals surface area contributed by atoms with Gasteiger partial charge in [-0.05, 0) is 45.0 Å². The topological polar surface area (TPSA) is 97.4 Å². The van der Waals surface area contributed by atoms with Gasteiger partial charge in [0.25, 0.3) is 5.91 Å². The molecule has 7 nitrogen and oxygen atoms in total. The Morgan fingerprint density at radius 1 is 1.23 bits per heavy atom. The van der Waals surface area contributed by atoms with Crippen molar-refractivity contribution in [3.8, 4) is 10.6 Å². The number of aromatic nitrogens is 1. The van der Waals surface area contributed by atoms with Crippen LogP contribution in [0.5, 0.6) is 0 Å². The summed E-state index contributed by atoms with van der Waals surface area (Å²) < 4.78 is 17.9. The predicted molar refractivity (Wildman–Crippen MR) is 94.3 cm³/mol. The maximum atomic E-state index is 13.0. The molecule has 0 saturated carbocycles. The number of carbonyl (C=O) groups excluding carboxylic acids is 3. The van der Waals surface area contributed by atoms with Crippen LogP contribution in [0.25, 0.3) is 10.6 Å². The van der Waals surface area contributed by atoms with Gasteiger partial charge >= 0.3 is 12.0 Å². The van der Waals surface area contributed by atoms with E-state index in [4.69, 9.17) is 4.74 Å². The van der Waals surface area contributed by atoms with Gasteiger partial charge in [-0.2, -0.15) is 0 Å². The van der Waals surface area contributed by atoms with Crippen molar-refractivity contribution in [1.82, 2.24) is 15.6 Å². The molecule has 2 aromatic rings. The Kier molecular flexibility index (Phi) is 6.40. The Hall–Kier alpha value is -2.81. The molecule has 0 atom stereocenters. The van der Waals surface area contributed by atoms with Gasteiger partial charge in [0, 0.05) is 11.6 Å². The van der Waals surface area contributed by atoms with Crippen LogP contribution in [0.1, 0.15) is 29.2 Å². The molecule has 26 heavy (non-hydrogen) atoms. The van der Waals surface area contributed by atoms with Gasteiger partial charge in [0.05, 0.1) is 5.69 Å². The Bertz CT molecular complexity index is 818. The predicted octanol–water partition coefficient (Wildman–Crippen LogP) is 2.65. The lowest BCUT2D eigenvalue weighted by molar-refractivity contribution is -0.123. The molecule has 0 spiro atoms. The van der Waals surface area contributed by atoms with E-state index in [2.05, 4.69) is 15.6 Å². The van der Waals surface area contributed by atoms with E-state index < -0.39 is 24.5 Å². The smallest absolute Gasteiger partial charge is 0.350 e. The molecule has 0 aliphatic heterocycles. The third kappa shape index (κ3) is 5.35. The van der Waals surface area contributed by atoms with Crippen LogP contribution in [0.4, 0.5) is 9.18 Å². The number of carbonyl (C=O) groups is 3. The van der Waals surface area contributed by atoms with Crippen LogP contribution in [-0.4, -0.2) is 35.5 Å². The van der Waals surface area contributed by atoms with Crippen molar-refractivity contribution in [2.24, 2.45) is 0 Å². The van der Waals surface area contributed by atoms with Gasteiger partial charge in [-0.15, -0.1) is 11.3 Å². The summed E-state index contributed by atoms with van der Waals surface area (Å²) in [6.45, 7) is 4.54. The average Bonchev–Trinajstić information content (AvgIpc) is 2.94. The number of hydrogen-bond donors (Lipinski definition) is 2. The van der Waals surface area contributed by atoms with Crippen LogP contribution in [0.15, 0.2) is 24.3 Å². The van der Waals surface area contributed by atoms with Gasteiger partial charge in [-0.1, -0.05) is 0 Å². The van der Waals surface area contributed by atoms with Gasteiger partial charge in [0.15, 0.2) is 6.61 Å². The quantitative estimate of drug-likeness (QED) is 0.779. The molecule has 0 bridgehead atoms. The summed E-state index contributed by atoms with van der Waals surface area (Å²) >= 11 is 1.08. The molecule has 0 aliphatic rings. The molecule has 9 heteroatoms. The number of aryl methyl sites for hydroxylation is 1. The third-order valence-corrected chi connectivity index (χ3v) is 4.27. The zero-order valence-corrected chi connectivity index (χ0v) is 15.3. The minimum absolute atomic E-state index is 0.130. The van der Waals surface area contributed by atoms with Crippen LogP contribution in [-0.2, 0) is 9.53 Å². The fraction of sp³-hybridized carbons (Fsp3) is 0.294. The summed E-state index contributed by atoms with van der Waals surface area (Å²) in [5.74, 6) is -1.82. The van der Waals surface area contributed by atoms with Crippen LogP contribution < -0.4 is 10.6 Å². The van der Waals surface area contributed by atoms with Gasteiger partial charge in [-0.3, -0.25) is 10.1 Å². The number of urea groups is 1. The number of rotatable bonds is 5. The van der Waals surface area contributed by atoms with Crippen LogP contribution >= 0.6 is 11.3 Å². The molecule has 2 rings (SSSR count). The number of halogens is 1. The number of ether oxygens (including phenoxy) is 1. The lowest BCUT2D eigenvalue weighted by Gasteiger charge is -2.09. The van der Waals surface area contributed by atoms with E-state index in [1.807, 2.05) is 0 Å². The lowest BCUT2D eigenvalue weighted by atomic mass is 10.2. The molecule has 0 saturated heterocycles. The minimum Gasteiger partial charge on any atom is -0.451 e. The first kappa shape index (κ1) is 19.5. The van der Waals surface area contributed by atoms with E-state index in [1.165, 1.54) is 12.1 Å². The summed E-state index contributed by atoms with van der Waals surface area (Å²) in [6.07, 6.45) is 0. The maximum Gasteiger partial charge on any atom is 0.350 e. The lowest BCUT2D eigenvalue weighted by Crippen LogP contribution is -2.44. The monoisotopic (exact) mass is 379 g/mol. The fourth-order valence-electron chi connectivity index (χ4n) is 1.96. The second kappa shape index (κ2) is 8.52. The van der Waals surface area contributed by atoms with E-state index >= 15 is 0 Å². The second-order valence-electron chi connectivity index (χ2n) is 5.69. The molecular formula is C17H18FN3O4S. The Balaban J connectivity index is 1.96.